The lowest BCUT2D eigenvalue weighted by Crippen LogP contribution is -1.78. The second-order valence-corrected chi connectivity index (χ2v) is 3.94. The molecular formula is C14H24O. The van der Waals surface area contributed by atoms with E-state index in [0.29, 0.717) is 0 Å². The maximum Gasteiger partial charge on any atom is 0.120 e. The first-order valence-electron chi connectivity index (χ1n) is 6.26. The van der Waals surface area contributed by atoms with Gasteiger partial charge in [0.2, 0.25) is 0 Å². The maximum atomic E-state index is 9.85. The molecule has 0 saturated heterocycles. The molecule has 0 aromatic heterocycles. The molecule has 0 saturated carbocycles. The van der Waals surface area contributed by atoms with E-state index >= 15 is 0 Å². The molecule has 1 heteroatoms. The topological polar surface area (TPSA) is 17.1 Å². The van der Waals surface area contributed by atoms with E-state index in [0.717, 1.165) is 12.8 Å². The molecule has 0 N–H and O–H groups in total. The van der Waals surface area contributed by atoms with Crippen molar-refractivity contribution in [3.05, 3.63) is 18.2 Å². The molecule has 0 aromatic carbocycles. The second kappa shape index (κ2) is 13.2. The van der Waals surface area contributed by atoms with E-state index in [1.54, 1.807) is 5.94 Å². The van der Waals surface area contributed by atoms with Gasteiger partial charge in [-0.05, 0) is 19.3 Å². The fraction of sp³-hybridized carbons (Fsp3) is 0.714. The third-order valence-electron chi connectivity index (χ3n) is 2.48. The third-order valence-corrected chi connectivity index (χ3v) is 2.48. The van der Waals surface area contributed by atoms with Crippen LogP contribution < -0.4 is 0 Å². The molecule has 0 rings (SSSR count). The van der Waals surface area contributed by atoms with Gasteiger partial charge in [0.05, 0.1) is 0 Å². The van der Waals surface area contributed by atoms with Gasteiger partial charge in [-0.1, -0.05) is 57.6 Å². The van der Waals surface area contributed by atoms with Gasteiger partial charge < -0.3 is 0 Å². The van der Waals surface area contributed by atoms with Crippen LogP contribution in [0.25, 0.3) is 0 Å². The summed E-state index contributed by atoms with van der Waals surface area (Å²) in [5.74, 6) is 1.77. The van der Waals surface area contributed by atoms with Gasteiger partial charge in [0.15, 0.2) is 0 Å². The summed E-state index contributed by atoms with van der Waals surface area (Å²) in [6, 6.07) is 0. The lowest BCUT2D eigenvalue weighted by Gasteiger charge is -1.98. The second-order valence-electron chi connectivity index (χ2n) is 3.94. The summed E-state index contributed by atoms with van der Waals surface area (Å²) in [6.07, 6.45) is 17.1. The highest BCUT2D eigenvalue weighted by molar-refractivity contribution is 5.45. The Morgan fingerprint density at radius 2 is 1.60 bits per heavy atom. The lowest BCUT2D eigenvalue weighted by atomic mass is 10.1. The number of rotatable bonds is 10. The smallest absolute Gasteiger partial charge is 0.120 e. The summed E-state index contributed by atoms with van der Waals surface area (Å²) in [5.41, 5.74) is 0. The summed E-state index contributed by atoms with van der Waals surface area (Å²) < 4.78 is 0. The molecule has 0 radical (unpaired) electrons. The Bertz CT molecular complexity index is 188. The minimum atomic E-state index is 0.736. The monoisotopic (exact) mass is 208 g/mol. The zero-order chi connectivity index (χ0) is 11.2. The number of hydrogen-bond acceptors (Lipinski definition) is 1. The highest BCUT2D eigenvalue weighted by Gasteiger charge is 1.88. The lowest BCUT2D eigenvalue weighted by molar-refractivity contribution is 0.568. The Kier molecular flexibility index (Phi) is 12.5. The van der Waals surface area contributed by atoms with Crippen LogP contribution in [0.15, 0.2) is 18.2 Å². The van der Waals surface area contributed by atoms with Gasteiger partial charge in [0, 0.05) is 6.08 Å². The van der Waals surface area contributed by atoms with Crippen LogP contribution in [0, 0.1) is 0 Å². The Hall–Kier alpha value is -0.810. The molecule has 0 aliphatic heterocycles. The van der Waals surface area contributed by atoms with Crippen molar-refractivity contribution >= 4 is 5.94 Å². The van der Waals surface area contributed by atoms with Crippen LogP contribution in [-0.2, 0) is 4.79 Å². The molecule has 0 atom stereocenters. The van der Waals surface area contributed by atoms with Gasteiger partial charge in [0.1, 0.15) is 5.94 Å². The Morgan fingerprint density at radius 1 is 0.933 bits per heavy atom. The minimum absolute atomic E-state index is 0.736. The van der Waals surface area contributed by atoms with Crippen molar-refractivity contribution in [1.29, 1.82) is 0 Å². The molecule has 0 heterocycles. The first-order valence-corrected chi connectivity index (χ1v) is 6.26. The molecular weight excluding hydrogens is 184 g/mol. The molecule has 0 aliphatic carbocycles. The highest BCUT2D eigenvalue weighted by atomic mass is 16.1. The van der Waals surface area contributed by atoms with E-state index in [1.165, 1.54) is 51.0 Å². The number of allylic oxidation sites excluding steroid dienone is 3. The van der Waals surface area contributed by atoms with Crippen molar-refractivity contribution in [2.75, 3.05) is 0 Å². The highest BCUT2D eigenvalue weighted by Crippen LogP contribution is 2.08. The van der Waals surface area contributed by atoms with Gasteiger partial charge in [0.25, 0.3) is 0 Å². The third kappa shape index (κ3) is 13.2. The molecule has 0 aliphatic rings. The molecule has 0 bridgehead atoms. The molecule has 0 aromatic rings. The molecule has 0 spiro atoms. The summed E-state index contributed by atoms with van der Waals surface area (Å²) in [7, 11) is 0. The average molecular weight is 208 g/mol. The van der Waals surface area contributed by atoms with Gasteiger partial charge in [-0.3, -0.25) is 0 Å². The maximum absolute atomic E-state index is 9.85. The normalized spacial score (nSPS) is 10.5. The quantitative estimate of drug-likeness (QED) is 0.294. The Balaban J connectivity index is 3.04. The van der Waals surface area contributed by atoms with Crippen molar-refractivity contribution in [3.63, 3.8) is 0 Å². The van der Waals surface area contributed by atoms with Crippen LogP contribution >= 0.6 is 0 Å². The van der Waals surface area contributed by atoms with Gasteiger partial charge in [-0.15, -0.1) is 0 Å². The average Bonchev–Trinajstić information content (AvgIpc) is 2.26. The summed E-state index contributed by atoms with van der Waals surface area (Å²) in [5, 5.41) is 0. The van der Waals surface area contributed by atoms with Crippen LogP contribution in [0.5, 0.6) is 0 Å². The first kappa shape index (κ1) is 14.2. The van der Waals surface area contributed by atoms with Gasteiger partial charge >= 0.3 is 0 Å². The van der Waals surface area contributed by atoms with Crippen molar-refractivity contribution in [2.24, 2.45) is 0 Å². The molecule has 0 unspecified atom stereocenters. The van der Waals surface area contributed by atoms with Crippen LogP contribution in [0.4, 0.5) is 0 Å². The number of unbranched alkanes of at least 4 members (excludes halogenated alkanes) is 7. The van der Waals surface area contributed by atoms with E-state index < -0.39 is 0 Å². The summed E-state index contributed by atoms with van der Waals surface area (Å²) >= 11 is 0. The van der Waals surface area contributed by atoms with Crippen LogP contribution in [0.2, 0.25) is 0 Å². The predicted molar refractivity (Wildman–Crippen MR) is 66.6 cm³/mol. The van der Waals surface area contributed by atoms with Crippen molar-refractivity contribution in [1.82, 2.24) is 0 Å². The van der Waals surface area contributed by atoms with Gasteiger partial charge in [-0.25, -0.2) is 4.79 Å². The van der Waals surface area contributed by atoms with Crippen molar-refractivity contribution < 1.29 is 4.79 Å². The summed E-state index contributed by atoms with van der Waals surface area (Å²) in [6.45, 7) is 2.25. The standard InChI is InChI=1S/C14H24O/c1-2-3-4-5-6-7-8-9-10-11-12-13-14-15/h10-11,13H,2-9,12H2,1H3/b11-10+. The van der Waals surface area contributed by atoms with E-state index in [4.69, 9.17) is 0 Å². The van der Waals surface area contributed by atoms with E-state index in [2.05, 4.69) is 13.0 Å². The molecule has 1 nitrogen and oxygen atoms in total. The fourth-order valence-corrected chi connectivity index (χ4v) is 1.55. The van der Waals surface area contributed by atoms with E-state index in [-0.39, 0.29) is 0 Å². The first-order chi connectivity index (χ1) is 7.41. The summed E-state index contributed by atoms with van der Waals surface area (Å²) in [4.78, 5) is 9.85. The minimum Gasteiger partial charge on any atom is -0.234 e. The zero-order valence-corrected chi connectivity index (χ0v) is 10.0. The fourth-order valence-electron chi connectivity index (χ4n) is 1.55. The molecule has 86 valence electrons. The Morgan fingerprint density at radius 3 is 2.27 bits per heavy atom. The molecule has 0 fully saturated rings. The number of hydrogen-bond donors (Lipinski definition) is 0. The van der Waals surface area contributed by atoms with E-state index in [9.17, 15) is 4.79 Å². The zero-order valence-electron chi connectivity index (χ0n) is 10.0. The SMILES string of the molecule is CCCCCCCCC/C=C/CC=C=O. The largest absolute Gasteiger partial charge is 0.234 e. The van der Waals surface area contributed by atoms with Crippen LogP contribution in [0.3, 0.4) is 0 Å². The van der Waals surface area contributed by atoms with Crippen LogP contribution in [0.1, 0.15) is 64.7 Å². The molecule has 15 heavy (non-hydrogen) atoms. The number of carbonyl (C=O) groups excluding carboxylic acids is 1. The van der Waals surface area contributed by atoms with Crippen molar-refractivity contribution in [2.45, 2.75) is 64.7 Å². The van der Waals surface area contributed by atoms with Crippen LogP contribution in [-0.4, -0.2) is 5.94 Å². The van der Waals surface area contributed by atoms with Gasteiger partial charge in [-0.2, -0.15) is 0 Å². The Labute approximate surface area is 94.3 Å². The van der Waals surface area contributed by atoms with Crippen molar-refractivity contribution in [3.8, 4) is 0 Å². The molecule has 0 amide bonds. The van der Waals surface area contributed by atoms with E-state index in [1.807, 2.05) is 6.08 Å². The predicted octanol–water partition coefficient (Wildman–Crippen LogP) is 4.46.